The number of rotatable bonds is 4. The summed E-state index contributed by atoms with van der Waals surface area (Å²) in [6, 6.07) is 0. The summed E-state index contributed by atoms with van der Waals surface area (Å²) >= 11 is 22.8. The fourth-order valence-corrected chi connectivity index (χ4v) is 3.58. The van der Waals surface area contributed by atoms with E-state index in [1.807, 2.05) is 0 Å². The first-order chi connectivity index (χ1) is 12.3. The minimum absolute atomic E-state index is 0.0687. The molecule has 26 heavy (non-hydrogen) atoms. The van der Waals surface area contributed by atoms with Crippen LogP contribution in [-0.2, 0) is 0 Å². The second-order valence-electron chi connectivity index (χ2n) is 5.67. The summed E-state index contributed by atoms with van der Waals surface area (Å²) in [5.41, 5.74) is 0. The van der Waals surface area contributed by atoms with E-state index >= 15 is 0 Å². The van der Waals surface area contributed by atoms with Crippen molar-refractivity contribution in [3.63, 3.8) is 0 Å². The molecule has 0 radical (unpaired) electrons. The molecule has 136 valence electrons. The van der Waals surface area contributed by atoms with E-state index in [2.05, 4.69) is 29.9 Å². The van der Waals surface area contributed by atoms with Gasteiger partial charge in [-0.3, -0.25) is 9.59 Å². The Bertz CT molecular complexity index is 761. The van der Waals surface area contributed by atoms with Crippen LogP contribution in [0.4, 0.5) is 0 Å². The summed E-state index contributed by atoms with van der Waals surface area (Å²) in [6.45, 7) is 0. The van der Waals surface area contributed by atoms with Crippen LogP contribution in [0.15, 0.2) is 0 Å². The van der Waals surface area contributed by atoms with Gasteiger partial charge in [0.05, 0.1) is 0 Å². The maximum Gasteiger partial charge on any atom is 0.227 e. The lowest BCUT2D eigenvalue weighted by Crippen LogP contribution is -2.28. The third-order valence-electron chi connectivity index (χ3n) is 4.07. The number of hydrogen-bond acceptors (Lipinski definition) is 8. The van der Waals surface area contributed by atoms with Gasteiger partial charge in [0, 0.05) is 11.8 Å². The second-order valence-corrected chi connectivity index (χ2v) is 7.02. The second kappa shape index (κ2) is 8.04. The molecule has 0 aliphatic heterocycles. The Morgan fingerprint density at radius 2 is 0.846 bits per heavy atom. The molecule has 1 aliphatic carbocycles. The SMILES string of the molecule is O=C(c1nc(Cl)nc(Cl)n1)C1CCC(C(=O)c2nc(Cl)nc(Cl)n2)CC1. The van der Waals surface area contributed by atoms with E-state index in [-0.39, 0.29) is 56.2 Å². The smallest absolute Gasteiger partial charge is 0.227 e. The first-order valence-electron chi connectivity index (χ1n) is 7.56. The summed E-state index contributed by atoms with van der Waals surface area (Å²) in [5.74, 6) is -1.32. The molecule has 1 fully saturated rings. The van der Waals surface area contributed by atoms with Crippen LogP contribution in [0.1, 0.15) is 46.9 Å². The minimum Gasteiger partial charge on any atom is -0.290 e. The van der Waals surface area contributed by atoms with Crippen LogP contribution in [0.2, 0.25) is 21.1 Å². The molecule has 2 heterocycles. The molecule has 2 aromatic rings. The van der Waals surface area contributed by atoms with Crippen LogP contribution >= 0.6 is 46.4 Å². The minimum atomic E-state index is -0.320. The maximum atomic E-state index is 12.5. The third kappa shape index (κ3) is 4.43. The number of carbonyl (C=O) groups is 2. The van der Waals surface area contributed by atoms with E-state index in [1.54, 1.807) is 0 Å². The molecular weight excluding hydrogens is 426 g/mol. The van der Waals surface area contributed by atoms with E-state index < -0.39 is 0 Å². The van der Waals surface area contributed by atoms with Crippen molar-refractivity contribution in [2.75, 3.05) is 0 Å². The van der Waals surface area contributed by atoms with Gasteiger partial charge in [-0.05, 0) is 72.1 Å². The lowest BCUT2D eigenvalue weighted by atomic mass is 9.78. The standard InChI is InChI=1S/C14H10Cl4N6O2/c15-11-19-9(20-12(16)23-11)7(25)5-1-2-6(4-3-5)8(26)10-21-13(17)24-14(18)22-10/h5-6H,1-4H2. The highest BCUT2D eigenvalue weighted by Gasteiger charge is 2.33. The summed E-state index contributed by atoms with van der Waals surface area (Å²) < 4.78 is 0. The largest absolute Gasteiger partial charge is 0.290 e. The van der Waals surface area contributed by atoms with Crippen molar-refractivity contribution in [3.05, 3.63) is 32.8 Å². The maximum absolute atomic E-state index is 12.5. The molecule has 0 saturated heterocycles. The molecule has 12 heteroatoms. The highest BCUT2D eigenvalue weighted by atomic mass is 35.5. The van der Waals surface area contributed by atoms with Crippen molar-refractivity contribution in [2.45, 2.75) is 25.7 Å². The number of halogens is 4. The molecule has 0 N–H and O–H groups in total. The van der Waals surface area contributed by atoms with E-state index in [4.69, 9.17) is 46.4 Å². The zero-order valence-electron chi connectivity index (χ0n) is 13.0. The van der Waals surface area contributed by atoms with Crippen molar-refractivity contribution in [1.82, 2.24) is 29.9 Å². The van der Waals surface area contributed by atoms with E-state index in [1.165, 1.54) is 0 Å². The van der Waals surface area contributed by atoms with E-state index in [9.17, 15) is 9.59 Å². The Morgan fingerprint density at radius 3 is 1.12 bits per heavy atom. The molecule has 0 spiro atoms. The summed E-state index contributed by atoms with van der Waals surface area (Å²) in [6.07, 6.45) is 1.96. The number of aromatic nitrogens is 6. The summed E-state index contributed by atoms with van der Waals surface area (Å²) in [7, 11) is 0. The van der Waals surface area contributed by atoms with Crippen LogP contribution in [-0.4, -0.2) is 41.5 Å². The van der Waals surface area contributed by atoms with Gasteiger partial charge in [0.25, 0.3) is 0 Å². The van der Waals surface area contributed by atoms with Gasteiger partial charge in [-0.1, -0.05) is 0 Å². The van der Waals surface area contributed by atoms with Crippen molar-refractivity contribution in [2.24, 2.45) is 11.8 Å². The Hall–Kier alpha value is -1.48. The Morgan fingerprint density at radius 1 is 0.577 bits per heavy atom. The molecular formula is C14H10Cl4N6O2. The fraction of sp³-hybridized carbons (Fsp3) is 0.429. The monoisotopic (exact) mass is 434 g/mol. The van der Waals surface area contributed by atoms with Gasteiger partial charge in [0.2, 0.25) is 44.3 Å². The molecule has 8 nitrogen and oxygen atoms in total. The average Bonchev–Trinajstić information content (AvgIpc) is 2.59. The van der Waals surface area contributed by atoms with Gasteiger partial charge in [-0.15, -0.1) is 0 Å². The van der Waals surface area contributed by atoms with Crippen molar-refractivity contribution >= 4 is 58.0 Å². The predicted octanol–water partition coefficient (Wildman–Crippen LogP) is 3.54. The van der Waals surface area contributed by atoms with Crippen LogP contribution in [0.3, 0.4) is 0 Å². The average molecular weight is 436 g/mol. The lowest BCUT2D eigenvalue weighted by molar-refractivity contribution is 0.0786. The zero-order valence-corrected chi connectivity index (χ0v) is 16.0. The number of ketones is 2. The first kappa shape index (κ1) is 19.3. The van der Waals surface area contributed by atoms with Gasteiger partial charge in [-0.2, -0.15) is 29.9 Å². The number of hydrogen-bond donors (Lipinski definition) is 0. The van der Waals surface area contributed by atoms with Gasteiger partial charge in [-0.25, -0.2) is 0 Å². The molecule has 0 atom stereocenters. The quantitative estimate of drug-likeness (QED) is 0.670. The number of nitrogens with zero attached hydrogens (tertiary/aromatic N) is 6. The number of Topliss-reactive ketones (excluding diaryl/α,β-unsaturated/α-hetero) is 2. The van der Waals surface area contributed by atoms with Crippen molar-refractivity contribution < 1.29 is 9.59 Å². The summed E-state index contributed by atoms with van der Waals surface area (Å²) in [5, 5.41) is -0.553. The lowest BCUT2D eigenvalue weighted by Gasteiger charge is -2.25. The Kier molecular flexibility index (Phi) is 5.96. The molecule has 3 rings (SSSR count). The molecule has 0 amide bonds. The van der Waals surface area contributed by atoms with Gasteiger partial charge < -0.3 is 0 Å². The first-order valence-corrected chi connectivity index (χ1v) is 9.07. The number of carbonyl (C=O) groups excluding carboxylic acids is 2. The summed E-state index contributed by atoms with van der Waals surface area (Å²) in [4.78, 5) is 47.5. The van der Waals surface area contributed by atoms with Crippen LogP contribution in [0, 0.1) is 11.8 Å². The molecule has 1 saturated carbocycles. The Balaban J connectivity index is 1.67. The molecule has 1 aliphatic rings. The highest BCUT2D eigenvalue weighted by molar-refractivity contribution is 6.31. The molecule has 0 bridgehead atoms. The van der Waals surface area contributed by atoms with Crippen molar-refractivity contribution in [1.29, 1.82) is 0 Å². The van der Waals surface area contributed by atoms with E-state index in [0.29, 0.717) is 25.7 Å². The Labute approximate surface area is 167 Å². The van der Waals surface area contributed by atoms with Gasteiger partial charge in [0.1, 0.15) is 0 Å². The third-order valence-corrected chi connectivity index (χ3v) is 4.75. The fourth-order valence-electron chi connectivity index (χ4n) is 2.86. The van der Waals surface area contributed by atoms with Crippen LogP contribution in [0.5, 0.6) is 0 Å². The van der Waals surface area contributed by atoms with Gasteiger partial charge in [0.15, 0.2) is 0 Å². The zero-order chi connectivity index (χ0) is 18.8. The molecule has 0 unspecified atom stereocenters. The van der Waals surface area contributed by atoms with Crippen molar-refractivity contribution in [3.8, 4) is 0 Å². The molecule has 0 aromatic carbocycles. The van der Waals surface area contributed by atoms with Crippen LogP contribution < -0.4 is 0 Å². The topological polar surface area (TPSA) is 111 Å². The van der Waals surface area contributed by atoms with Gasteiger partial charge >= 0.3 is 0 Å². The van der Waals surface area contributed by atoms with Crippen LogP contribution in [0.25, 0.3) is 0 Å². The van der Waals surface area contributed by atoms with E-state index in [0.717, 1.165) is 0 Å². The predicted molar refractivity (Wildman–Crippen MR) is 93.8 cm³/mol. The molecule has 2 aromatic heterocycles. The highest BCUT2D eigenvalue weighted by Crippen LogP contribution is 2.32. The normalized spacial score (nSPS) is 20.0.